The predicted molar refractivity (Wildman–Crippen MR) is 75.6 cm³/mol. The molecule has 0 spiro atoms. The van der Waals surface area contributed by atoms with E-state index in [1.807, 2.05) is 0 Å². The van der Waals surface area contributed by atoms with E-state index in [2.05, 4.69) is 9.97 Å². The SMILES string of the molecule is COC(Cn1cnc2c([nH]c3ccc(F)cc32)c1=O)OC. The van der Waals surface area contributed by atoms with Crippen molar-refractivity contribution >= 4 is 21.9 Å². The van der Waals surface area contributed by atoms with Crippen LogP contribution in [-0.4, -0.2) is 35.0 Å². The molecule has 21 heavy (non-hydrogen) atoms. The summed E-state index contributed by atoms with van der Waals surface area (Å²) in [6.07, 6.45) is 0.872. The second kappa shape index (κ2) is 5.27. The van der Waals surface area contributed by atoms with Gasteiger partial charge in [0, 0.05) is 25.1 Å². The minimum Gasteiger partial charge on any atom is -0.354 e. The van der Waals surface area contributed by atoms with Crippen LogP contribution < -0.4 is 5.56 Å². The largest absolute Gasteiger partial charge is 0.354 e. The van der Waals surface area contributed by atoms with Crippen LogP contribution in [-0.2, 0) is 16.0 Å². The molecule has 0 aliphatic carbocycles. The van der Waals surface area contributed by atoms with Gasteiger partial charge >= 0.3 is 0 Å². The molecule has 0 saturated carbocycles. The minimum absolute atomic E-state index is 0.221. The van der Waals surface area contributed by atoms with Gasteiger partial charge < -0.3 is 14.5 Å². The Morgan fingerprint density at radius 3 is 2.86 bits per heavy atom. The van der Waals surface area contributed by atoms with Crippen LogP contribution >= 0.6 is 0 Å². The van der Waals surface area contributed by atoms with Crippen molar-refractivity contribution in [3.63, 3.8) is 0 Å². The maximum Gasteiger partial charge on any atom is 0.277 e. The van der Waals surface area contributed by atoms with Gasteiger partial charge in [-0.3, -0.25) is 9.36 Å². The number of methoxy groups -OCH3 is 2. The van der Waals surface area contributed by atoms with Gasteiger partial charge in [-0.1, -0.05) is 0 Å². The molecule has 0 aliphatic heterocycles. The summed E-state index contributed by atoms with van der Waals surface area (Å²) in [6, 6.07) is 4.28. The molecule has 0 unspecified atom stereocenters. The monoisotopic (exact) mass is 291 g/mol. The van der Waals surface area contributed by atoms with Gasteiger partial charge in [-0.15, -0.1) is 0 Å². The fourth-order valence-electron chi connectivity index (χ4n) is 2.30. The minimum atomic E-state index is -0.538. The van der Waals surface area contributed by atoms with Crippen LogP contribution in [0, 0.1) is 5.82 Å². The van der Waals surface area contributed by atoms with Crippen molar-refractivity contribution < 1.29 is 13.9 Å². The number of aromatic nitrogens is 3. The molecule has 0 amide bonds. The number of hydrogen-bond donors (Lipinski definition) is 1. The third-order valence-corrected chi connectivity index (χ3v) is 3.41. The third-order valence-electron chi connectivity index (χ3n) is 3.41. The topological polar surface area (TPSA) is 69.1 Å². The van der Waals surface area contributed by atoms with Crippen molar-refractivity contribution in [1.29, 1.82) is 0 Å². The van der Waals surface area contributed by atoms with Gasteiger partial charge in [0.15, 0.2) is 6.29 Å². The third kappa shape index (κ3) is 2.30. The summed E-state index contributed by atoms with van der Waals surface area (Å²) >= 11 is 0. The van der Waals surface area contributed by atoms with Crippen LogP contribution in [0.25, 0.3) is 21.9 Å². The molecule has 0 saturated heterocycles. The van der Waals surface area contributed by atoms with Crippen LogP contribution in [0.3, 0.4) is 0 Å². The Morgan fingerprint density at radius 1 is 1.38 bits per heavy atom. The molecular formula is C14H14FN3O3. The lowest BCUT2D eigenvalue weighted by Gasteiger charge is -2.14. The number of benzene rings is 1. The second-order valence-corrected chi connectivity index (χ2v) is 4.64. The summed E-state index contributed by atoms with van der Waals surface area (Å²) < 4.78 is 24.9. The fourth-order valence-corrected chi connectivity index (χ4v) is 2.30. The molecule has 2 aromatic heterocycles. The molecule has 6 nitrogen and oxygen atoms in total. The number of fused-ring (bicyclic) bond motifs is 3. The van der Waals surface area contributed by atoms with E-state index in [4.69, 9.17) is 9.47 Å². The number of aromatic amines is 1. The van der Waals surface area contributed by atoms with Gasteiger partial charge in [0.2, 0.25) is 0 Å². The zero-order valence-corrected chi connectivity index (χ0v) is 11.6. The first-order chi connectivity index (χ1) is 10.1. The molecule has 1 aromatic carbocycles. The standard InChI is InChI=1S/C14H14FN3O3/c1-20-11(21-2)6-18-7-16-12-9-5-8(15)3-4-10(9)17-13(12)14(18)19/h3-5,7,11,17H,6H2,1-2H3. The smallest absolute Gasteiger partial charge is 0.277 e. The van der Waals surface area contributed by atoms with E-state index in [-0.39, 0.29) is 17.9 Å². The number of ether oxygens (including phenoxy) is 2. The van der Waals surface area contributed by atoms with E-state index in [0.29, 0.717) is 21.9 Å². The van der Waals surface area contributed by atoms with Gasteiger partial charge in [0.1, 0.15) is 16.9 Å². The molecule has 0 aliphatic rings. The molecule has 7 heteroatoms. The molecule has 2 heterocycles. The summed E-state index contributed by atoms with van der Waals surface area (Å²) in [4.78, 5) is 19.7. The zero-order valence-electron chi connectivity index (χ0n) is 11.6. The van der Waals surface area contributed by atoms with E-state index >= 15 is 0 Å². The number of nitrogens with one attached hydrogen (secondary N) is 1. The lowest BCUT2D eigenvalue weighted by molar-refractivity contribution is -0.111. The van der Waals surface area contributed by atoms with Crippen molar-refractivity contribution in [3.8, 4) is 0 Å². The van der Waals surface area contributed by atoms with Crippen LogP contribution in [0.5, 0.6) is 0 Å². The summed E-state index contributed by atoms with van der Waals surface area (Å²) in [7, 11) is 2.99. The Morgan fingerprint density at radius 2 is 2.14 bits per heavy atom. The van der Waals surface area contributed by atoms with Crippen molar-refractivity contribution in [1.82, 2.24) is 14.5 Å². The molecule has 0 radical (unpaired) electrons. The van der Waals surface area contributed by atoms with Crippen LogP contribution in [0.4, 0.5) is 4.39 Å². The first-order valence-electron chi connectivity index (χ1n) is 6.36. The van der Waals surface area contributed by atoms with Crippen LogP contribution in [0.15, 0.2) is 29.3 Å². The molecule has 0 atom stereocenters. The molecule has 1 N–H and O–H groups in total. The van der Waals surface area contributed by atoms with Gasteiger partial charge in [0.05, 0.1) is 12.9 Å². The molecule has 0 fully saturated rings. The number of H-pyrrole nitrogens is 1. The van der Waals surface area contributed by atoms with Gasteiger partial charge in [-0.05, 0) is 18.2 Å². The average molecular weight is 291 g/mol. The van der Waals surface area contributed by atoms with Crippen molar-refractivity contribution in [3.05, 3.63) is 40.7 Å². The number of nitrogens with zero attached hydrogens (tertiary/aromatic N) is 2. The highest BCUT2D eigenvalue weighted by Crippen LogP contribution is 2.22. The van der Waals surface area contributed by atoms with Crippen molar-refractivity contribution in [2.24, 2.45) is 0 Å². The quantitative estimate of drug-likeness (QED) is 0.742. The van der Waals surface area contributed by atoms with Gasteiger partial charge in [-0.25, -0.2) is 9.37 Å². The molecule has 3 rings (SSSR count). The molecule has 0 bridgehead atoms. The molecular weight excluding hydrogens is 277 g/mol. The Labute approximate surface area is 119 Å². The summed E-state index contributed by atoms with van der Waals surface area (Å²) in [6.45, 7) is 0.221. The zero-order chi connectivity index (χ0) is 15.0. The fraction of sp³-hybridized carbons (Fsp3) is 0.286. The Balaban J connectivity index is 2.17. The Kier molecular flexibility index (Phi) is 3.44. The summed E-state index contributed by atoms with van der Waals surface area (Å²) in [5, 5.41) is 0.587. The van der Waals surface area contributed by atoms with E-state index in [1.165, 1.54) is 37.2 Å². The lowest BCUT2D eigenvalue weighted by Crippen LogP contribution is -2.29. The Hall–Kier alpha value is -2.25. The lowest BCUT2D eigenvalue weighted by atomic mass is 10.2. The number of halogens is 1. The van der Waals surface area contributed by atoms with E-state index in [9.17, 15) is 9.18 Å². The molecule has 3 aromatic rings. The van der Waals surface area contributed by atoms with Crippen molar-refractivity contribution in [2.75, 3.05) is 14.2 Å². The highest BCUT2D eigenvalue weighted by Gasteiger charge is 2.14. The number of rotatable bonds is 4. The average Bonchev–Trinajstić information content (AvgIpc) is 2.85. The van der Waals surface area contributed by atoms with E-state index in [1.54, 1.807) is 6.07 Å². The summed E-state index contributed by atoms with van der Waals surface area (Å²) in [5.41, 5.74) is 1.21. The maximum absolute atomic E-state index is 13.3. The van der Waals surface area contributed by atoms with Crippen molar-refractivity contribution in [2.45, 2.75) is 12.8 Å². The van der Waals surface area contributed by atoms with Gasteiger partial charge in [-0.2, -0.15) is 0 Å². The second-order valence-electron chi connectivity index (χ2n) is 4.64. The predicted octanol–water partition coefficient (Wildman–Crippen LogP) is 1.64. The maximum atomic E-state index is 13.3. The Bertz CT molecular complexity index is 852. The first-order valence-corrected chi connectivity index (χ1v) is 6.36. The van der Waals surface area contributed by atoms with Gasteiger partial charge in [0.25, 0.3) is 5.56 Å². The molecule has 110 valence electrons. The summed E-state index contributed by atoms with van der Waals surface area (Å²) in [5.74, 6) is -0.367. The highest BCUT2D eigenvalue weighted by molar-refractivity contribution is 6.04. The van der Waals surface area contributed by atoms with Crippen LogP contribution in [0.2, 0.25) is 0 Å². The normalized spacial score (nSPS) is 11.8. The van der Waals surface area contributed by atoms with E-state index < -0.39 is 6.29 Å². The number of hydrogen-bond acceptors (Lipinski definition) is 4. The van der Waals surface area contributed by atoms with Crippen LogP contribution in [0.1, 0.15) is 0 Å². The highest BCUT2D eigenvalue weighted by atomic mass is 19.1. The first kappa shape index (κ1) is 13.7. The van der Waals surface area contributed by atoms with E-state index in [0.717, 1.165) is 0 Å².